The average molecular weight is 434 g/mol. The number of anilines is 1. The molecule has 0 bridgehead atoms. The Kier molecular flexibility index (Phi) is 5.48. The number of carbonyl (C=O) groups excluding carboxylic acids is 1. The maximum Gasteiger partial charge on any atom is 0.232 e. The molecule has 3 aromatic rings. The van der Waals surface area contributed by atoms with Gasteiger partial charge in [-0.05, 0) is 53.2 Å². The van der Waals surface area contributed by atoms with Crippen molar-refractivity contribution < 1.29 is 9.90 Å². The molecule has 7 heteroatoms. The fourth-order valence-corrected chi connectivity index (χ4v) is 4.27. The Morgan fingerprint density at radius 1 is 1.10 bits per heavy atom. The first-order valence-electron chi connectivity index (χ1n) is 9.24. The van der Waals surface area contributed by atoms with Crippen molar-refractivity contribution in [2.75, 3.05) is 19.0 Å². The molecule has 30 heavy (non-hydrogen) atoms. The molecule has 0 saturated heterocycles. The number of carbonyl (C=O) groups is 1. The number of ketones is 1. The zero-order valence-electron chi connectivity index (χ0n) is 16.4. The molecule has 2 aromatic carbocycles. The summed E-state index contributed by atoms with van der Waals surface area (Å²) in [5.74, 6) is -0.193. The molecule has 0 saturated carbocycles. The molecule has 1 aliphatic rings. The summed E-state index contributed by atoms with van der Waals surface area (Å²) in [6.07, 6.45) is 6.66. The number of rotatable bonds is 4. The van der Waals surface area contributed by atoms with E-state index in [9.17, 15) is 9.90 Å². The van der Waals surface area contributed by atoms with Gasteiger partial charge in [-0.2, -0.15) is 9.78 Å². The predicted molar refractivity (Wildman–Crippen MR) is 127 cm³/mol. The van der Waals surface area contributed by atoms with Crippen LogP contribution in [0, 0.1) is 3.95 Å². The van der Waals surface area contributed by atoms with Gasteiger partial charge in [0.1, 0.15) is 0 Å². The molecule has 0 fully saturated rings. The zero-order valence-corrected chi connectivity index (χ0v) is 18.1. The SMILES string of the molecule is CN(C)c1ccc(C=Nn2c(O)c(C=C3C(=O)C=Cc4ccccc43)sc2=S)cc1. The smallest absolute Gasteiger partial charge is 0.232 e. The summed E-state index contributed by atoms with van der Waals surface area (Å²) in [5, 5.41) is 15.0. The third-order valence-corrected chi connectivity index (χ3v) is 6.02. The zero-order chi connectivity index (χ0) is 21.3. The highest BCUT2D eigenvalue weighted by Crippen LogP contribution is 2.33. The van der Waals surface area contributed by atoms with Gasteiger partial charge in [-0.1, -0.05) is 53.8 Å². The average Bonchev–Trinajstić information content (AvgIpc) is 3.01. The van der Waals surface area contributed by atoms with Crippen molar-refractivity contribution in [3.05, 3.63) is 80.1 Å². The van der Waals surface area contributed by atoms with Crippen molar-refractivity contribution in [3.8, 4) is 5.88 Å². The molecule has 1 aromatic heterocycles. The van der Waals surface area contributed by atoms with E-state index in [0.29, 0.717) is 14.4 Å². The van der Waals surface area contributed by atoms with E-state index in [1.165, 1.54) is 22.1 Å². The fourth-order valence-electron chi connectivity index (χ4n) is 3.11. The normalized spacial score (nSPS) is 14.5. The van der Waals surface area contributed by atoms with Crippen molar-refractivity contribution in [1.29, 1.82) is 0 Å². The Hall–Kier alpha value is -3.29. The van der Waals surface area contributed by atoms with Crippen LogP contribution >= 0.6 is 23.6 Å². The number of thiazole rings is 1. The van der Waals surface area contributed by atoms with E-state index >= 15 is 0 Å². The van der Waals surface area contributed by atoms with Crippen LogP contribution in [0.15, 0.2) is 59.7 Å². The number of aromatic hydroxyl groups is 1. The first-order valence-corrected chi connectivity index (χ1v) is 10.5. The minimum atomic E-state index is -0.108. The van der Waals surface area contributed by atoms with Gasteiger partial charge >= 0.3 is 0 Å². The monoisotopic (exact) mass is 433 g/mol. The highest BCUT2D eigenvalue weighted by Gasteiger charge is 2.19. The van der Waals surface area contributed by atoms with E-state index < -0.39 is 0 Å². The number of aromatic nitrogens is 1. The summed E-state index contributed by atoms with van der Waals surface area (Å²) < 4.78 is 1.70. The Balaban J connectivity index is 1.68. The van der Waals surface area contributed by atoms with Gasteiger partial charge in [-0.3, -0.25) is 4.79 Å². The minimum absolute atomic E-state index is 0.0847. The van der Waals surface area contributed by atoms with Gasteiger partial charge in [-0.25, -0.2) is 0 Å². The van der Waals surface area contributed by atoms with E-state index in [4.69, 9.17) is 12.2 Å². The molecule has 0 spiro atoms. The second-order valence-corrected chi connectivity index (χ2v) is 8.62. The lowest BCUT2D eigenvalue weighted by Gasteiger charge is -2.12. The number of hydrogen-bond donors (Lipinski definition) is 1. The predicted octanol–water partition coefficient (Wildman–Crippen LogP) is 5.07. The number of hydrogen-bond acceptors (Lipinski definition) is 6. The summed E-state index contributed by atoms with van der Waals surface area (Å²) >= 11 is 6.59. The number of nitrogens with zero attached hydrogens (tertiary/aromatic N) is 3. The van der Waals surface area contributed by atoms with E-state index in [0.717, 1.165) is 22.4 Å². The number of fused-ring (bicyclic) bond motifs is 1. The van der Waals surface area contributed by atoms with E-state index in [1.54, 1.807) is 18.4 Å². The summed E-state index contributed by atoms with van der Waals surface area (Å²) in [7, 11) is 3.96. The maximum atomic E-state index is 12.5. The van der Waals surface area contributed by atoms with Crippen molar-refractivity contribution in [2.45, 2.75) is 0 Å². The van der Waals surface area contributed by atoms with Gasteiger partial charge in [0.15, 0.2) is 9.74 Å². The summed E-state index contributed by atoms with van der Waals surface area (Å²) in [5.41, 5.74) is 4.29. The van der Waals surface area contributed by atoms with Crippen LogP contribution in [0.5, 0.6) is 5.88 Å². The lowest BCUT2D eigenvalue weighted by molar-refractivity contribution is -0.109. The lowest BCUT2D eigenvalue weighted by atomic mass is 9.91. The molecule has 0 unspecified atom stereocenters. The van der Waals surface area contributed by atoms with E-state index in [-0.39, 0.29) is 11.7 Å². The molecule has 0 amide bonds. The van der Waals surface area contributed by atoms with Crippen molar-refractivity contribution in [2.24, 2.45) is 5.10 Å². The first kappa shape index (κ1) is 20.0. The Morgan fingerprint density at radius 2 is 1.83 bits per heavy atom. The lowest BCUT2D eigenvalue weighted by Crippen LogP contribution is -2.08. The van der Waals surface area contributed by atoms with Crippen LogP contribution in [-0.4, -0.2) is 35.9 Å². The standard InChI is InChI=1S/C23H19N3O2S2/c1-25(2)17-10-7-15(8-11-17)14-24-26-22(28)21(30-23(26)29)13-19-18-6-4-3-5-16(18)9-12-20(19)27/h3-14,28H,1-2H3. The van der Waals surface area contributed by atoms with Crippen molar-refractivity contribution in [3.63, 3.8) is 0 Å². The largest absolute Gasteiger partial charge is 0.492 e. The van der Waals surface area contributed by atoms with Crippen molar-refractivity contribution in [1.82, 2.24) is 4.68 Å². The van der Waals surface area contributed by atoms with Gasteiger partial charge in [0.05, 0.1) is 11.1 Å². The number of benzene rings is 2. The van der Waals surface area contributed by atoms with Crippen LogP contribution in [0.4, 0.5) is 5.69 Å². The minimum Gasteiger partial charge on any atom is -0.492 e. The highest BCUT2D eigenvalue weighted by molar-refractivity contribution is 7.73. The van der Waals surface area contributed by atoms with E-state index in [1.807, 2.05) is 67.5 Å². The van der Waals surface area contributed by atoms with Gasteiger partial charge in [-0.15, -0.1) is 0 Å². The quantitative estimate of drug-likeness (QED) is 0.355. The molecule has 1 aliphatic carbocycles. The fraction of sp³-hybridized carbons (Fsp3) is 0.0870. The van der Waals surface area contributed by atoms with Gasteiger partial charge in [0, 0.05) is 25.4 Å². The molecule has 4 rings (SSSR count). The molecular formula is C23H19N3O2S2. The van der Waals surface area contributed by atoms with Crippen molar-refractivity contribution >= 4 is 59.0 Å². The second-order valence-electron chi connectivity index (χ2n) is 6.94. The molecule has 1 N–H and O–H groups in total. The molecular weight excluding hydrogens is 414 g/mol. The summed E-state index contributed by atoms with van der Waals surface area (Å²) in [6.45, 7) is 0. The molecule has 150 valence electrons. The van der Waals surface area contributed by atoms with Crippen LogP contribution in [0.2, 0.25) is 0 Å². The van der Waals surface area contributed by atoms with Crippen LogP contribution in [0.3, 0.4) is 0 Å². The Bertz CT molecular complexity index is 1260. The number of allylic oxidation sites excluding steroid dienone is 2. The third-order valence-electron chi connectivity index (χ3n) is 4.73. The molecule has 5 nitrogen and oxygen atoms in total. The van der Waals surface area contributed by atoms with Gasteiger partial charge < -0.3 is 10.0 Å². The Labute approximate surface area is 183 Å². The molecule has 0 aliphatic heterocycles. The van der Waals surface area contributed by atoms with Crippen LogP contribution in [-0.2, 0) is 4.79 Å². The van der Waals surface area contributed by atoms with Gasteiger partial charge in [0.25, 0.3) is 0 Å². The molecule has 0 atom stereocenters. The second kappa shape index (κ2) is 8.22. The maximum absolute atomic E-state index is 12.5. The van der Waals surface area contributed by atoms with Crippen LogP contribution < -0.4 is 4.90 Å². The Morgan fingerprint density at radius 3 is 2.57 bits per heavy atom. The van der Waals surface area contributed by atoms with Crippen LogP contribution in [0.1, 0.15) is 21.6 Å². The van der Waals surface area contributed by atoms with E-state index in [2.05, 4.69) is 5.10 Å². The highest BCUT2D eigenvalue weighted by atomic mass is 32.1. The topological polar surface area (TPSA) is 57.8 Å². The first-order chi connectivity index (χ1) is 14.4. The summed E-state index contributed by atoms with van der Waals surface area (Å²) in [4.78, 5) is 15.0. The van der Waals surface area contributed by atoms with Crippen LogP contribution in [0.25, 0.3) is 17.7 Å². The van der Waals surface area contributed by atoms with Gasteiger partial charge in [0.2, 0.25) is 5.88 Å². The summed E-state index contributed by atoms with van der Waals surface area (Å²) in [6, 6.07) is 15.5. The molecule has 0 radical (unpaired) electrons. The third kappa shape index (κ3) is 3.90. The molecule has 1 heterocycles.